The lowest BCUT2D eigenvalue weighted by atomic mass is 9.70. The number of rotatable bonds is 3. The van der Waals surface area contributed by atoms with Gasteiger partial charge in [0, 0.05) is 0 Å². The molecule has 1 saturated carbocycles. The van der Waals surface area contributed by atoms with E-state index in [-0.39, 0.29) is 10.8 Å². The van der Waals surface area contributed by atoms with Crippen LogP contribution in [0.25, 0.3) is 0 Å². The van der Waals surface area contributed by atoms with Gasteiger partial charge in [0.15, 0.2) is 0 Å². The van der Waals surface area contributed by atoms with E-state index < -0.39 is 6.03 Å². The number of primary amides is 1. The zero-order valence-electron chi connectivity index (χ0n) is 11.7. The highest BCUT2D eigenvalue weighted by atomic mass is 16.2. The maximum atomic E-state index is 10.8. The van der Waals surface area contributed by atoms with Gasteiger partial charge in [0.1, 0.15) is 0 Å². The Hall–Kier alpha value is -1.32. The first kappa shape index (κ1) is 13.1. The molecule has 0 aromatic rings. The molecule has 18 heavy (non-hydrogen) atoms. The van der Waals surface area contributed by atoms with E-state index in [4.69, 9.17) is 5.73 Å². The van der Waals surface area contributed by atoms with Crippen molar-refractivity contribution in [1.29, 1.82) is 0 Å². The summed E-state index contributed by atoms with van der Waals surface area (Å²) in [5, 5.41) is 4.16. The third kappa shape index (κ3) is 1.74. The van der Waals surface area contributed by atoms with Crippen molar-refractivity contribution in [3.05, 3.63) is 11.6 Å². The molecule has 4 nitrogen and oxygen atoms in total. The Morgan fingerprint density at radius 1 is 1.56 bits per heavy atom. The van der Waals surface area contributed by atoms with Gasteiger partial charge in [0.2, 0.25) is 0 Å². The van der Waals surface area contributed by atoms with Gasteiger partial charge in [-0.15, -0.1) is 0 Å². The fourth-order valence-corrected chi connectivity index (χ4v) is 3.53. The van der Waals surface area contributed by atoms with E-state index in [0.717, 1.165) is 12.1 Å². The molecule has 2 atom stereocenters. The number of carbonyl (C=O) groups is 1. The van der Waals surface area contributed by atoms with Crippen molar-refractivity contribution in [3.63, 3.8) is 0 Å². The standard InChI is InChI=1S/C14H23N3O/c1-5-11(16-17-12(15)18)9-8-14(4)7-6-10(9)13(14,2)3/h8,10H,5-7H2,1-4H3,(H3,15,17,18)/b16-11-/t10-,14+/m0/s1. The largest absolute Gasteiger partial charge is 0.350 e. The van der Waals surface area contributed by atoms with Gasteiger partial charge < -0.3 is 5.73 Å². The Labute approximate surface area is 109 Å². The summed E-state index contributed by atoms with van der Waals surface area (Å²) in [6.07, 6.45) is 5.64. The van der Waals surface area contributed by atoms with Crippen molar-refractivity contribution >= 4 is 11.7 Å². The molecule has 0 unspecified atom stereocenters. The van der Waals surface area contributed by atoms with Gasteiger partial charge in [0.05, 0.1) is 5.71 Å². The van der Waals surface area contributed by atoms with E-state index in [1.807, 2.05) is 0 Å². The molecule has 2 rings (SSSR count). The molecular weight excluding hydrogens is 226 g/mol. The monoisotopic (exact) mass is 249 g/mol. The van der Waals surface area contributed by atoms with Crippen LogP contribution in [-0.2, 0) is 0 Å². The number of hydrazone groups is 1. The summed E-state index contributed by atoms with van der Waals surface area (Å²) in [5.41, 5.74) is 10.3. The number of hydrogen-bond acceptors (Lipinski definition) is 2. The summed E-state index contributed by atoms with van der Waals surface area (Å²) in [4.78, 5) is 10.8. The molecule has 2 amide bonds. The maximum absolute atomic E-state index is 10.8. The smallest absolute Gasteiger partial charge is 0.332 e. The fourth-order valence-electron chi connectivity index (χ4n) is 3.53. The van der Waals surface area contributed by atoms with Gasteiger partial charge in [-0.05, 0) is 41.6 Å². The highest BCUT2D eigenvalue weighted by Gasteiger charge is 2.56. The van der Waals surface area contributed by atoms with Crippen LogP contribution >= 0.6 is 0 Å². The number of nitrogens with zero attached hydrogens (tertiary/aromatic N) is 1. The van der Waals surface area contributed by atoms with Crippen LogP contribution in [0.4, 0.5) is 4.79 Å². The third-order valence-electron chi connectivity index (χ3n) is 5.11. The number of hydrogen-bond donors (Lipinski definition) is 2. The molecule has 4 heteroatoms. The number of nitrogens with two attached hydrogens (primary N) is 1. The molecule has 3 N–H and O–H groups in total. The van der Waals surface area contributed by atoms with Crippen LogP contribution in [0, 0.1) is 16.7 Å². The number of carbonyl (C=O) groups excluding carboxylic acids is 1. The predicted octanol–water partition coefficient (Wildman–Crippen LogP) is 2.80. The summed E-state index contributed by atoms with van der Waals surface area (Å²) >= 11 is 0. The SMILES string of the molecule is CC/C(=N/NC(N)=O)C1=C[C@@]2(C)CC[C@@H]1C2(C)C. The number of nitrogens with one attached hydrogen (secondary N) is 1. The van der Waals surface area contributed by atoms with Gasteiger partial charge in [-0.1, -0.05) is 33.8 Å². The molecule has 0 saturated heterocycles. The van der Waals surface area contributed by atoms with Gasteiger partial charge in [0.25, 0.3) is 0 Å². The van der Waals surface area contributed by atoms with Crippen LogP contribution in [0.3, 0.4) is 0 Å². The molecule has 1 fully saturated rings. The minimum Gasteiger partial charge on any atom is -0.350 e. The van der Waals surface area contributed by atoms with Crippen LogP contribution in [0.2, 0.25) is 0 Å². The molecule has 2 bridgehead atoms. The fraction of sp³-hybridized carbons (Fsp3) is 0.714. The van der Waals surface area contributed by atoms with Gasteiger partial charge in [-0.25, -0.2) is 10.2 Å². The second-order valence-electron chi connectivity index (χ2n) is 6.22. The average Bonchev–Trinajstić information content (AvgIpc) is 2.61. The van der Waals surface area contributed by atoms with Crippen LogP contribution in [0.5, 0.6) is 0 Å². The second-order valence-corrected chi connectivity index (χ2v) is 6.22. The minimum atomic E-state index is -0.602. The van der Waals surface area contributed by atoms with Crippen molar-refractivity contribution in [1.82, 2.24) is 5.43 Å². The zero-order valence-corrected chi connectivity index (χ0v) is 11.7. The van der Waals surface area contributed by atoms with Crippen LogP contribution < -0.4 is 11.2 Å². The molecule has 0 radical (unpaired) electrons. The van der Waals surface area contributed by atoms with Crippen LogP contribution in [0.15, 0.2) is 16.8 Å². The highest BCUT2D eigenvalue weighted by molar-refractivity contribution is 6.01. The van der Waals surface area contributed by atoms with Crippen molar-refractivity contribution in [2.24, 2.45) is 27.6 Å². The molecule has 0 spiro atoms. The van der Waals surface area contributed by atoms with E-state index in [9.17, 15) is 4.79 Å². The molecule has 0 aliphatic heterocycles. The van der Waals surface area contributed by atoms with E-state index in [1.54, 1.807) is 0 Å². The molecule has 0 aromatic carbocycles. The first-order valence-electron chi connectivity index (χ1n) is 6.67. The lowest BCUT2D eigenvalue weighted by molar-refractivity contribution is 0.180. The zero-order chi connectivity index (χ0) is 13.6. The van der Waals surface area contributed by atoms with Crippen molar-refractivity contribution in [2.75, 3.05) is 0 Å². The third-order valence-corrected chi connectivity index (χ3v) is 5.11. The molecule has 0 aromatic heterocycles. The molecule has 100 valence electrons. The Morgan fingerprint density at radius 2 is 2.22 bits per heavy atom. The van der Waals surface area contributed by atoms with Crippen molar-refractivity contribution < 1.29 is 4.79 Å². The normalized spacial score (nSPS) is 33.4. The average molecular weight is 249 g/mol. The minimum absolute atomic E-state index is 0.260. The highest BCUT2D eigenvalue weighted by Crippen LogP contribution is 2.64. The number of fused-ring (bicyclic) bond motifs is 2. The predicted molar refractivity (Wildman–Crippen MR) is 73.1 cm³/mol. The van der Waals surface area contributed by atoms with Crippen LogP contribution in [0.1, 0.15) is 47.0 Å². The summed E-state index contributed by atoms with van der Waals surface area (Å²) in [5.74, 6) is 0.552. The number of amides is 2. The Bertz CT molecular complexity index is 436. The van der Waals surface area contributed by atoms with E-state index in [1.165, 1.54) is 18.4 Å². The second kappa shape index (κ2) is 4.11. The van der Waals surface area contributed by atoms with E-state index in [0.29, 0.717) is 5.92 Å². The Balaban J connectivity index is 2.30. The first-order valence-corrected chi connectivity index (χ1v) is 6.67. The lowest BCUT2D eigenvalue weighted by Crippen LogP contribution is -2.29. The van der Waals surface area contributed by atoms with Gasteiger partial charge in [-0.2, -0.15) is 5.10 Å². The summed E-state index contributed by atoms with van der Waals surface area (Å²) in [6, 6.07) is -0.602. The summed E-state index contributed by atoms with van der Waals surface area (Å²) in [7, 11) is 0. The lowest BCUT2D eigenvalue weighted by Gasteiger charge is -2.34. The molecular formula is C14H23N3O. The summed E-state index contributed by atoms with van der Waals surface area (Å²) < 4.78 is 0. The topological polar surface area (TPSA) is 67.5 Å². The quantitative estimate of drug-likeness (QED) is 0.586. The van der Waals surface area contributed by atoms with Gasteiger partial charge in [-0.3, -0.25) is 0 Å². The van der Waals surface area contributed by atoms with Crippen LogP contribution in [-0.4, -0.2) is 11.7 Å². The number of urea groups is 1. The van der Waals surface area contributed by atoms with Crippen molar-refractivity contribution in [2.45, 2.75) is 47.0 Å². The van der Waals surface area contributed by atoms with E-state index >= 15 is 0 Å². The first-order chi connectivity index (χ1) is 8.32. The van der Waals surface area contributed by atoms with Gasteiger partial charge >= 0.3 is 6.03 Å². The Kier molecular flexibility index (Phi) is 2.99. The summed E-state index contributed by atoms with van der Waals surface area (Å²) in [6.45, 7) is 9.06. The maximum Gasteiger partial charge on any atom is 0.332 e. The molecule has 0 heterocycles. The van der Waals surface area contributed by atoms with Crippen molar-refractivity contribution in [3.8, 4) is 0 Å². The molecule has 2 aliphatic rings. The van der Waals surface area contributed by atoms with E-state index in [2.05, 4.69) is 44.3 Å². The number of allylic oxidation sites excluding steroid dienone is 2. The molecule has 2 aliphatic carbocycles. The Morgan fingerprint density at radius 3 is 2.61 bits per heavy atom.